The van der Waals surface area contributed by atoms with Crippen molar-refractivity contribution in [3.05, 3.63) is 55.5 Å². The maximum Gasteiger partial charge on any atom is 0.405 e. The number of carbonyl (C=O) groups excluding carboxylic acids is 1. The second-order valence-electron chi connectivity index (χ2n) is 4.94. The van der Waals surface area contributed by atoms with E-state index in [1.807, 2.05) is 35.0 Å². The number of primary amides is 1. The summed E-state index contributed by atoms with van der Waals surface area (Å²) in [5.74, 6) is 0. The van der Waals surface area contributed by atoms with Crippen LogP contribution in [0.25, 0.3) is 11.0 Å². The molecule has 1 unspecified atom stereocenters. The summed E-state index contributed by atoms with van der Waals surface area (Å²) < 4.78 is 8.94. The highest BCUT2D eigenvalue weighted by molar-refractivity contribution is 14.1. The Balaban J connectivity index is 2.04. The Morgan fingerprint density at radius 1 is 1.42 bits per heavy atom. The Labute approximate surface area is 164 Å². The summed E-state index contributed by atoms with van der Waals surface area (Å²) in [6.45, 7) is 0.346. The lowest BCUT2D eigenvalue weighted by molar-refractivity contribution is 0.0960. The Bertz CT molecular complexity index is 918. The Hall–Kier alpha value is -1.39. The molecule has 2 aromatic heterocycles. The maximum atomic E-state index is 11.3. The third kappa shape index (κ3) is 3.50. The molecule has 0 aliphatic heterocycles. The first-order chi connectivity index (χ1) is 11.5. The molecule has 1 amide bonds. The van der Waals surface area contributed by atoms with Crippen LogP contribution in [-0.4, -0.2) is 20.6 Å². The molecule has 0 aliphatic carbocycles. The van der Waals surface area contributed by atoms with E-state index in [4.69, 9.17) is 22.1 Å². The number of aromatic nitrogens is 3. The van der Waals surface area contributed by atoms with Crippen molar-refractivity contribution in [2.45, 2.75) is 12.6 Å². The largest absolute Gasteiger partial charge is 0.440 e. The van der Waals surface area contributed by atoms with Crippen LogP contribution in [0, 0.1) is 3.57 Å². The predicted molar refractivity (Wildman–Crippen MR) is 103 cm³/mol. The minimum atomic E-state index is -0.838. The van der Waals surface area contributed by atoms with Gasteiger partial charge in [0.05, 0.1) is 11.9 Å². The van der Waals surface area contributed by atoms with E-state index in [1.54, 1.807) is 0 Å². The van der Waals surface area contributed by atoms with Crippen molar-refractivity contribution in [1.29, 1.82) is 0 Å². The molecule has 0 saturated heterocycles. The van der Waals surface area contributed by atoms with Crippen molar-refractivity contribution in [2.24, 2.45) is 5.73 Å². The van der Waals surface area contributed by atoms with Crippen LogP contribution in [0.5, 0.6) is 0 Å². The van der Waals surface area contributed by atoms with Crippen LogP contribution in [0.1, 0.15) is 11.7 Å². The highest BCUT2D eigenvalue weighted by Gasteiger charge is 2.21. The Morgan fingerprint density at radius 2 is 2.17 bits per heavy atom. The van der Waals surface area contributed by atoms with Gasteiger partial charge in [-0.3, -0.25) is 0 Å². The van der Waals surface area contributed by atoms with Crippen LogP contribution in [0.15, 0.2) is 41.3 Å². The second kappa shape index (κ2) is 7.24. The Morgan fingerprint density at radius 3 is 2.88 bits per heavy atom. The van der Waals surface area contributed by atoms with Gasteiger partial charge in [-0.15, -0.1) is 0 Å². The molecule has 9 heteroatoms. The number of hydrogen-bond acceptors (Lipinski definition) is 4. The summed E-state index contributed by atoms with van der Waals surface area (Å²) in [5.41, 5.74) is 6.73. The van der Waals surface area contributed by atoms with Gasteiger partial charge >= 0.3 is 6.09 Å². The number of benzene rings is 1. The molecule has 24 heavy (non-hydrogen) atoms. The molecule has 1 aromatic carbocycles. The van der Waals surface area contributed by atoms with E-state index in [0.29, 0.717) is 17.3 Å². The Kier molecular flexibility index (Phi) is 5.26. The second-order valence-corrected chi connectivity index (χ2v) is 7.31. The molecule has 0 spiro atoms. The number of carbonyl (C=O) groups is 1. The quantitative estimate of drug-likeness (QED) is 0.410. The van der Waals surface area contributed by atoms with E-state index >= 15 is 0 Å². The van der Waals surface area contributed by atoms with Crippen molar-refractivity contribution in [2.75, 3.05) is 0 Å². The first-order valence-corrected chi connectivity index (χ1v) is 9.07. The molecule has 2 heterocycles. The lowest BCUT2D eigenvalue weighted by atomic mass is 10.1. The third-order valence-corrected chi connectivity index (χ3v) is 5.26. The zero-order valence-electron chi connectivity index (χ0n) is 12.1. The number of rotatable bonds is 4. The standard InChI is InChI=1S/C15H11BrClIN4O2/c16-9-4-2-1-3-8(9)11(24-15(19)23)6-22-5-10(18)12-13(17)20-7-21-14(12)22/h1-5,7,11H,6H2,(H2,19,23). The molecular formula is C15H11BrClIN4O2. The molecule has 0 radical (unpaired) electrons. The lowest BCUT2D eigenvalue weighted by Gasteiger charge is -2.19. The summed E-state index contributed by atoms with van der Waals surface area (Å²) in [7, 11) is 0. The summed E-state index contributed by atoms with van der Waals surface area (Å²) in [6, 6.07) is 7.50. The van der Waals surface area contributed by atoms with Crippen molar-refractivity contribution < 1.29 is 9.53 Å². The number of nitrogens with zero attached hydrogens (tertiary/aromatic N) is 3. The minimum absolute atomic E-state index is 0.346. The monoisotopic (exact) mass is 520 g/mol. The maximum absolute atomic E-state index is 11.3. The van der Waals surface area contributed by atoms with Gasteiger partial charge in [-0.1, -0.05) is 45.7 Å². The summed E-state index contributed by atoms with van der Waals surface area (Å²) >= 11 is 11.8. The number of hydrogen-bond donors (Lipinski definition) is 1. The molecule has 2 N–H and O–H groups in total. The molecule has 0 aliphatic rings. The van der Waals surface area contributed by atoms with Crippen LogP contribution in [0.3, 0.4) is 0 Å². The van der Waals surface area contributed by atoms with E-state index < -0.39 is 12.2 Å². The van der Waals surface area contributed by atoms with Crippen LogP contribution >= 0.6 is 50.1 Å². The lowest BCUT2D eigenvalue weighted by Crippen LogP contribution is -2.21. The van der Waals surface area contributed by atoms with Gasteiger partial charge in [0.1, 0.15) is 23.2 Å². The minimum Gasteiger partial charge on any atom is -0.440 e. The predicted octanol–water partition coefficient (Wildman–Crippen LogP) is 4.29. The van der Waals surface area contributed by atoms with E-state index in [1.165, 1.54) is 6.33 Å². The highest BCUT2D eigenvalue weighted by Crippen LogP contribution is 2.31. The molecule has 3 aromatic rings. The summed E-state index contributed by atoms with van der Waals surface area (Å²) in [4.78, 5) is 19.6. The fraction of sp³-hybridized carbons (Fsp3) is 0.133. The van der Waals surface area contributed by atoms with Crippen molar-refractivity contribution in [1.82, 2.24) is 14.5 Å². The van der Waals surface area contributed by atoms with Gasteiger partial charge < -0.3 is 15.0 Å². The molecule has 0 saturated carbocycles. The summed E-state index contributed by atoms with van der Waals surface area (Å²) in [6.07, 6.45) is 1.88. The van der Waals surface area contributed by atoms with Crippen LogP contribution in [0.2, 0.25) is 5.15 Å². The normalized spacial score (nSPS) is 12.3. The first kappa shape index (κ1) is 17.4. The van der Waals surface area contributed by atoms with Crippen LogP contribution < -0.4 is 5.73 Å². The van der Waals surface area contributed by atoms with Gasteiger partial charge in [0.15, 0.2) is 0 Å². The summed E-state index contributed by atoms with van der Waals surface area (Å²) in [5, 5.41) is 1.15. The van der Waals surface area contributed by atoms with Gasteiger partial charge in [0.2, 0.25) is 0 Å². The van der Waals surface area contributed by atoms with Gasteiger partial charge in [-0.25, -0.2) is 14.8 Å². The highest BCUT2D eigenvalue weighted by atomic mass is 127. The molecule has 0 fully saturated rings. The fourth-order valence-electron chi connectivity index (χ4n) is 2.43. The van der Waals surface area contributed by atoms with Gasteiger partial charge in [0.25, 0.3) is 0 Å². The van der Waals surface area contributed by atoms with Gasteiger partial charge in [0, 0.05) is 19.8 Å². The zero-order chi connectivity index (χ0) is 17.3. The van der Waals surface area contributed by atoms with Crippen molar-refractivity contribution in [3.63, 3.8) is 0 Å². The molecule has 3 rings (SSSR count). The molecule has 0 bridgehead atoms. The number of fused-ring (bicyclic) bond motifs is 1. The van der Waals surface area contributed by atoms with Gasteiger partial charge in [-0.05, 0) is 28.7 Å². The molecule has 6 nitrogen and oxygen atoms in total. The van der Waals surface area contributed by atoms with E-state index in [0.717, 1.165) is 19.0 Å². The average Bonchev–Trinajstić information content (AvgIpc) is 2.84. The van der Waals surface area contributed by atoms with E-state index in [-0.39, 0.29) is 0 Å². The number of nitrogens with two attached hydrogens (primary N) is 1. The van der Waals surface area contributed by atoms with Crippen LogP contribution in [0.4, 0.5) is 4.79 Å². The van der Waals surface area contributed by atoms with Crippen molar-refractivity contribution in [3.8, 4) is 0 Å². The number of amides is 1. The third-order valence-electron chi connectivity index (χ3n) is 3.43. The number of ether oxygens (including phenoxy) is 1. The first-order valence-electron chi connectivity index (χ1n) is 6.82. The zero-order valence-corrected chi connectivity index (χ0v) is 16.6. The van der Waals surface area contributed by atoms with E-state index in [9.17, 15) is 4.79 Å². The smallest absolute Gasteiger partial charge is 0.405 e. The van der Waals surface area contributed by atoms with E-state index in [2.05, 4.69) is 48.5 Å². The topological polar surface area (TPSA) is 83.0 Å². The van der Waals surface area contributed by atoms with Gasteiger partial charge in [-0.2, -0.15) is 0 Å². The van der Waals surface area contributed by atoms with Crippen molar-refractivity contribution >= 4 is 67.2 Å². The molecular weight excluding hydrogens is 510 g/mol. The SMILES string of the molecule is NC(=O)OC(Cn1cc(I)c2c(Cl)ncnc21)c1ccccc1Br. The number of halogens is 3. The molecule has 124 valence electrons. The average molecular weight is 522 g/mol. The van der Waals surface area contributed by atoms with Crippen LogP contribution in [-0.2, 0) is 11.3 Å². The molecule has 1 atom stereocenters. The fourth-order valence-corrected chi connectivity index (χ4v) is 4.20.